The molecule has 10 aromatic rings. The number of hydrogen-bond donors (Lipinski definition) is 0. The average molecular weight is 774 g/mol. The van der Waals surface area contributed by atoms with Gasteiger partial charge in [0.15, 0.2) is 0 Å². The molecule has 0 saturated heterocycles. The van der Waals surface area contributed by atoms with Crippen LogP contribution in [0.2, 0.25) is 0 Å². The van der Waals surface area contributed by atoms with Gasteiger partial charge in [0.25, 0.3) is 0 Å². The molecule has 1 unspecified atom stereocenters. The Labute approximate surface area is 346 Å². The third-order valence-electron chi connectivity index (χ3n) is 12.0. The molecule has 3 heterocycles. The molecule has 1 aromatic heterocycles. The van der Waals surface area contributed by atoms with E-state index in [2.05, 4.69) is 217 Å². The van der Waals surface area contributed by atoms with Gasteiger partial charge in [0, 0.05) is 59.5 Å². The molecule has 278 valence electrons. The summed E-state index contributed by atoms with van der Waals surface area (Å²) in [5.41, 5.74) is 11.5. The largest absolute Gasteiger partial charge is 0.457 e. The van der Waals surface area contributed by atoms with Crippen molar-refractivity contribution in [3.05, 3.63) is 235 Å². The lowest BCUT2D eigenvalue weighted by molar-refractivity contribution is 0.399. The van der Waals surface area contributed by atoms with E-state index in [-0.39, 0.29) is 0 Å². The zero-order valence-electron chi connectivity index (χ0n) is 31.9. The molecule has 59 heavy (non-hydrogen) atoms. The smallest absolute Gasteiger partial charge is 0.132 e. The maximum atomic E-state index is 6.89. The van der Waals surface area contributed by atoms with Crippen LogP contribution in [-0.4, -0.2) is 0 Å². The Hall–Kier alpha value is -7.40. The van der Waals surface area contributed by atoms with Gasteiger partial charge < -0.3 is 14.4 Å². The molecule has 1 atom stereocenters. The summed E-state index contributed by atoms with van der Waals surface area (Å²) in [6.45, 7) is 0. The van der Waals surface area contributed by atoms with E-state index in [0.717, 1.165) is 79.0 Å². The lowest BCUT2D eigenvalue weighted by Crippen LogP contribution is -2.36. The van der Waals surface area contributed by atoms with Gasteiger partial charge in [-0.15, -0.1) is 11.3 Å². The number of fused-ring (bicyclic) bond motifs is 11. The summed E-state index contributed by atoms with van der Waals surface area (Å²) >= 11 is 1.84. The Morgan fingerprint density at radius 2 is 0.763 bits per heavy atom. The fourth-order valence-electron chi connectivity index (χ4n) is 9.34. The zero-order valence-corrected chi connectivity index (χ0v) is 32.7. The number of ether oxygens (including phenoxy) is 2. The van der Waals surface area contributed by atoms with E-state index >= 15 is 0 Å². The molecule has 2 aliphatic heterocycles. The minimum atomic E-state index is -0.672. The van der Waals surface area contributed by atoms with Crippen LogP contribution in [0.25, 0.3) is 42.4 Å². The average Bonchev–Trinajstić information content (AvgIpc) is 3.68. The lowest BCUT2D eigenvalue weighted by atomic mass is 9.62. The molecule has 1 spiro atoms. The molecule has 4 heteroatoms. The van der Waals surface area contributed by atoms with Crippen LogP contribution in [0.5, 0.6) is 23.0 Å². The Morgan fingerprint density at radius 1 is 0.322 bits per heavy atom. The van der Waals surface area contributed by atoms with Crippen molar-refractivity contribution in [1.82, 2.24) is 0 Å². The normalized spacial score (nSPS) is 14.8. The molecular weight excluding hydrogens is 739 g/mol. The van der Waals surface area contributed by atoms with Crippen LogP contribution in [0.1, 0.15) is 22.3 Å². The van der Waals surface area contributed by atoms with Crippen molar-refractivity contribution in [2.24, 2.45) is 0 Å². The molecular formula is C55H35NO2S. The molecule has 12 rings (SSSR count). The SMILES string of the molecule is c1ccc(N(c2ccccc2)c2ccc(-c3ccc4c(c3)Oc3ccccc3C43c4ccccc4Oc4cc(-c5ccc6sc7ccccc7c6c5)ccc43)cc2)cc1. The van der Waals surface area contributed by atoms with Crippen molar-refractivity contribution in [2.75, 3.05) is 4.90 Å². The number of anilines is 3. The summed E-state index contributed by atoms with van der Waals surface area (Å²) in [4.78, 5) is 2.29. The fraction of sp³-hybridized carbons (Fsp3) is 0.0182. The quantitative estimate of drug-likeness (QED) is 0.174. The number of para-hydroxylation sites is 4. The molecule has 9 aromatic carbocycles. The number of rotatable bonds is 5. The van der Waals surface area contributed by atoms with Crippen molar-refractivity contribution >= 4 is 48.6 Å². The van der Waals surface area contributed by atoms with Gasteiger partial charge in [-0.1, -0.05) is 133 Å². The van der Waals surface area contributed by atoms with Crippen LogP contribution in [0.15, 0.2) is 212 Å². The van der Waals surface area contributed by atoms with Crippen LogP contribution in [0, 0.1) is 0 Å². The standard InChI is InChI=1S/C55H35NO2S/c1-3-13-40(14-4-1)56(41-15-5-2-6-16-41)42-28-23-36(24-29-42)38-25-30-47-51(34-38)57-49-20-10-8-18-45(49)55(47)46-19-9-11-21-50(46)58-52-35-39(26-31-48(52)55)37-27-32-54-44(33-37)43-17-7-12-22-53(43)59-54/h1-35H. The van der Waals surface area contributed by atoms with Crippen molar-refractivity contribution in [3.63, 3.8) is 0 Å². The van der Waals surface area contributed by atoms with Gasteiger partial charge in [-0.25, -0.2) is 0 Å². The van der Waals surface area contributed by atoms with Crippen LogP contribution < -0.4 is 14.4 Å². The summed E-state index contributed by atoms with van der Waals surface area (Å²) < 4.78 is 16.4. The third-order valence-corrected chi connectivity index (χ3v) is 13.1. The van der Waals surface area contributed by atoms with Crippen molar-refractivity contribution < 1.29 is 9.47 Å². The summed E-state index contributed by atoms with van der Waals surface area (Å²) in [6.07, 6.45) is 0. The first-order valence-electron chi connectivity index (χ1n) is 20.0. The third kappa shape index (κ3) is 5.27. The van der Waals surface area contributed by atoms with Gasteiger partial charge in [-0.05, 0) is 101 Å². The van der Waals surface area contributed by atoms with E-state index < -0.39 is 5.41 Å². The highest BCUT2D eigenvalue weighted by molar-refractivity contribution is 7.25. The van der Waals surface area contributed by atoms with E-state index in [0.29, 0.717) is 0 Å². The number of thiophene rings is 1. The van der Waals surface area contributed by atoms with E-state index in [1.165, 1.54) is 25.7 Å². The molecule has 0 N–H and O–H groups in total. The van der Waals surface area contributed by atoms with Gasteiger partial charge in [0.2, 0.25) is 0 Å². The predicted octanol–water partition coefficient (Wildman–Crippen LogP) is 15.5. The number of nitrogens with zero attached hydrogens (tertiary/aromatic N) is 1. The molecule has 2 aliphatic rings. The Morgan fingerprint density at radius 3 is 1.39 bits per heavy atom. The molecule has 0 saturated carbocycles. The molecule has 3 nitrogen and oxygen atoms in total. The van der Waals surface area contributed by atoms with E-state index in [4.69, 9.17) is 9.47 Å². The van der Waals surface area contributed by atoms with E-state index in [1.807, 2.05) is 11.3 Å². The zero-order chi connectivity index (χ0) is 38.9. The molecule has 0 aliphatic carbocycles. The van der Waals surface area contributed by atoms with E-state index in [9.17, 15) is 0 Å². The van der Waals surface area contributed by atoms with Gasteiger partial charge >= 0.3 is 0 Å². The second kappa shape index (κ2) is 13.3. The van der Waals surface area contributed by atoms with Crippen LogP contribution in [-0.2, 0) is 5.41 Å². The van der Waals surface area contributed by atoms with Crippen molar-refractivity contribution in [2.45, 2.75) is 5.41 Å². The van der Waals surface area contributed by atoms with Crippen LogP contribution in [0.3, 0.4) is 0 Å². The lowest BCUT2D eigenvalue weighted by Gasteiger charge is -2.45. The highest BCUT2D eigenvalue weighted by Crippen LogP contribution is 2.62. The van der Waals surface area contributed by atoms with Gasteiger partial charge in [0.05, 0.1) is 5.41 Å². The minimum Gasteiger partial charge on any atom is -0.457 e. The molecule has 0 amide bonds. The molecule has 0 radical (unpaired) electrons. The van der Waals surface area contributed by atoms with Crippen molar-refractivity contribution in [1.29, 1.82) is 0 Å². The van der Waals surface area contributed by atoms with Gasteiger partial charge in [-0.3, -0.25) is 0 Å². The second-order valence-electron chi connectivity index (χ2n) is 15.2. The first-order valence-corrected chi connectivity index (χ1v) is 20.8. The van der Waals surface area contributed by atoms with Crippen LogP contribution in [0.4, 0.5) is 17.1 Å². The first-order chi connectivity index (χ1) is 29.2. The first kappa shape index (κ1) is 33.7. The fourth-order valence-corrected chi connectivity index (χ4v) is 10.4. The Balaban J connectivity index is 0.991. The molecule has 0 fully saturated rings. The topological polar surface area (TPSA) is 21.7 Å². The van der Waals surface area contributed by atoms with E-state index in [1.54, 1.807) is 0 Å². The van der Waals surface area contributed by atoms with Crippen LogP contribution >= 0.6 is 11.3 Å². The summed E-state index contributed by atoms with van der Waals surface area (Å²) in [7, 11) is 0. The number of benzene rings is 9. The summed E-state index contributed by atoms with van der Waals surface area (Å²) in [5, 5.41) is 2.58. The monoisotopic (exact) mass is 773 g/mol. The second-order valence-corrected chi connectivity index (χ2v) is 16.3. The minimum absolute atomic E-state index is 0.672. The highest BCUT2D eigenvalue weighted by Gasteiger charge is 2.50. The Bertz CT molecular complexity index is 3170. The maximum Gasteiger partial charge on any atom is 0.132 e. The summed E-state index contributed by atoms with van der Waals surface area (Å²) in [6, 6.07) is 75.8. The van der Waals surface area contributed by atoms with Crippen molar-refractivity contribution in [3.8, 4) is 45.3 Å². The van der Waals surface area contributed by atoms with Gasteiger partial charge in [0.1, 0.15) is 23.0 Å². The summed E-state index contributed by atoms with van der Waals surface area (Å²) in [5.74, 6) is 3.37. The highest BCUT2D eigenvalue weighted by atomic mass is 32.1. The molecule has 0 bridgehead atoms. The van der Waals surface area contributed by atoms with Gasteiger partial charge in [-0.2, -0.15) is 0 Å². The number of hydrogen-bond acceptors (Lipinski definition) is 4. The Kier molecular flexibility index (Phi) is 7.62. The maximum absolute atomic E-state index is 6.89. The predicted molar refractivity (Wildman–Crippen MR) is 243 cm³/mol.